The molecule has 3 aliphatic heterocycles. The molecule has 64 valence electrons. The van der Waals surface area contributed by atoms with Crippen molar-refractivity contribution in [2.24, 2.45) is 5.92 Å². The molecule has 0 atom stereocenters. The summed E-state index contributed by atoms with van der Waals surface area (Å²) in [5.41, 5.74) is 0. The minimum Gasteiger partial charge on any atom is -0.107 e. The summed E-state index contributed by atoms with van der Waals surface area (Å²) in [5.74, 6) is 1.13. The first-order valence-electron chi connectivity index (χ1n) is 5.17. The molecule has 0 aromatic rings. The summed E-state index contributed by atoms with van der Waals surface area (Å²) in [6, 6.07) is 0. The van der Waals surface area contributed by atoms with Crippen molar-refractivity contribution >= 4 is 7.92 Å². The Morgan fingerprint density at radius 3 is 1.64 bits per heavy atom. The molecule has 0 saturated carbocycles. The smallest absolute Gasteiger partial charge is 0.0326 e. The Morgan fingerprint density at radius 1 is 0.727 bits per heavy atom. The molecule has 3 fully saturated rings. The molecule has 3 aliphatic rings. The van der Waals surface area contributed by atoms with E-state index in [0.29, 0.717) is 7.92 Å². The van der Waals surface area contributed by atoms with Gasteiger partial charge in [0.2, 0.25) is 0 Å². The second kappa shape index (κ2) is 3.90. The molecule has 0 amide bonds. The zero-order chi connectivity index (χ0) is 7.52. The molecule has 0 aromatic carbocycles. The summed E-state index contributed by atoms with van der Waals surface area (Å²) in [6.45, 7) is 0. The quantitative estimate of drug-likeness (QED) is 0.488. The predicted octanol–water partition coefficient (Wildman–Crippen LogP) is 3.45. The van der Waals surface area contributed by atoms with E-state index < -0.39 is 0 Å². The first kappa shape index (κ1) is 8.05. The second-order valence-electron chi connectivity index (χ2n) is 4.13. The standard InChI is InChI=1S/C10H19P/c1-4-10-5-2-8-11(7-1)9-3-6-10/h10H,1-9H2. The Kier molecular flexibility index (Phi) is 2.85. The molecule has 0 nitrogen and oxygen atoms in total. The van der Waals surface area contributed by atoms with E-state index in [1.807, 2.05) is 0 Å². The average Bonchev–Trinajstić information content (AvgIpc) is 1.80. The number of rotatable bonds is 0. The maximum absolute atomic E-state index is 1.62. The van der Waals surface area contributed by atoms with Crippen LogP contribution in [0.2, 0.25) is 0 Å². The van der Waals surface area contributed by atoms with Crippen LogP contribution >= 0.6 is 7.92 Å². The Hall–Kier alpha value is 0.430. The van der Waals surface area contributed by atoms with E-state index in [9.17, 15) is 0 Å². The van der Waals surface area contributed by atoms with Gasteiger partial charge < -0.3 is 0 Å². The summed E-state index contributed by atoms with van der Waals surface area (Å²) in [4.78, 5) is 0. The second-order valence-corrected chi connectivity index (χ2v) is 6.82. The number of hydrogen-bond donors (Lipinski definition) is 0. The predicted molar refractivity (Wildman–Crippen MR) is 52.7 cm³/mol. The summed E-state index contributed by atoms with van der Waals surface area (Å²) in [7, 11) is 0.522. The third-order valence-electron chi connectivity index (χ3n) is 3.26. The number of hydrogen-bond acceptors (Lipinski definition) is 0. The van der Waals surface area contributed by atoms with Crippen LogP contribution in [0.4, 0.5) is 0 Å². The van der Waals surface area contributed by atoms with Crippen molar-refractivity contribution in [3.8, 4) is 0 Å². The van der Waals surface area contributed by atoms with Gasteiger partial charge in [-0.15, -0.1) is 7.92 Å². The van der Waals surface area contributed by atoms with Gasteiger partial charge in [-0.05, 0) is 43.7 Å². The van der Waals surface area contributed by atoms with Gasteiger partial charge in [-0.25, -0.2) is 0 Å². The van der Waals surface area contributed by atoms with Crippen LogP contribution < -0.4 is 0 Å². The van der Waals surface area contributed by atoms with E-state index in [0.717, 1.165) is 5.92 Å². The third kappa shape index (κ3) is 2.18. The fraction of sp³-hybridized carbons (Fsp3) is 1.00. The van der Waals surface area contributed by atoms with E-state index in [-0.39, 0.29) is 0 Å². The lowest BCUT2D eigenvalue weighted by atomic mass is 9.93. The van der Waals surface area contributed by atoms with E-state index in [4.69, 9.17) is 0 Å². The van der Waals surface area contributed by atoms with Gasteiger partial charge in [-0.3, -0.25) is 0 Å². The highest BCUT2D eigenvalue weighted by molar-refractivity contribution is 7.57. The van der Waals surface area contributed by atoms with Crippen LogP contribution in [0, 0.1) is 5.92 Å². The molecule has 3 saturated heterocycles. The summed E-state index contributed by atoms with van der Waals surface area (Å²) in [5, 5.41) is 0. The largest absolute Gasteiger partial charge is 0.107 e. The monoisotopic (exact) mass is 170 g/mol. The van der Waals surface area contributed by atoms with Crippen LogP contribution in [0.3, 0.4) is 0 Å². The minimum absolute atomic E-state index is 0.522. The maximum Gasteiger partial charge on any atom is -0.0326 e. The highest BCUT2D eigenvalue weighted by atomic mass is 31.1. The van der Waals surface area contributed by atoms with Crippen molar-refractivity contribution < 1.29 is 0 Å². The lowest BCUT2D eigenvalue weighted by Crippen LogP contribution is -2.12. The Bertz CT molecular complexity index is 86.3. The molecule has 0 radical (unpaired) electrons. The van der Waals surface area contributed by atoms with Gasteiger partial charge in [0.25, 0.3) is 0 Å². The van der Waals surface area contributed by atoms with Gasteiger partial charge in [0.05, 0.1) is 0 Å². The van der Waals surface area contributed by atoms with Gasteiger partial charge in [0, 0.05) is 0 Å². The van der Waals surface area contributed by atoms with Gasteiger partial charge in [0.15, 0.2) is 0 Å². The molecule has 0 spiro atoms. The van der Waals surface area contributed by atoms with E-state index >= 15 is 0 Å². The lowest BCUT2D eigenvalue weighted by molar-refractivity contribution is 0.398. The highest BCUT2D eigenvalue weighted by Gasteiger charge is 2.19. The first-order chi connectivity index (χ1) is 5.45. The van der Waals surface area contributed by atoms with Crippen LogP contribution in [0.1, 0.15) is 38.5 Å². The minimum atomic E-state index is 0.522. The van der Waals surface area contributed by atoms with E-state index in [2.05, 4.69) is 0 Å². The fourth-order valence-corrected chi connectivity index (χ4v) is 5.14. The van der Waals surface area contributed by atoms with Crippen molar-refractivity contribution in [3.63, 3.8) is 0 Å². The van der Waals surface area contributed by atoms with Gasteiger partial charge in [0.1, 0.15) is 0 Å². The Morgan fingerprint density at radius 2 is 1.18 bits per heavy atom. The normalized spacial score (nSPS) is 39.3. The van der Waals surface area contributed by atoms with E-state index in [1.165, 1.54) is 0 Å². The molecule has 0 aromatic heterocycles. The third-order valence-corrected chi connectivity index (χ3v) is 6.11. The summed E-state index contributed by atoms with van der Waals surface area (Å²) >= 11 is 0. The number of fused-ring (bicyclic) bond motifs is 6. The van der Waals surface area contributed by atoms with Crippen molar-refractivity contribution in [2.45, 2.75) is 38.5 Å². The van der Waals surface area contributed by atoms with Crippen LogP contribution in [0.15, 0.2) is 0 Å². The van der Waals surface area contributed by atoms with Crippen molar-refractivity contribution in [1.29, 1.82) is 0 Å². The van der Waals surface area contributed by atoms with Crippen LogP contribution in [0.25, 0.3) is 0 Å². The van der Waals surface area contributed by atoms with Crippen LogP contribution in [-0.4, -0.2) is 18.5 Å². The summed E-state index contributed by atoms with van der Waals surface area (Å²) in [6.07, 6.45) is 14.3. The molecule has 0 aliphatic carbocycles. The van der Waals surface area contributed by atoms with Crippen LogP contribution in [0.5, 0.6) is 0 Å². The van der Waals surface area contributed by atoms with Gasteiger partial charge >= 0.3 is 0 Å². The highest BCUT2D eigenvalue weighted by Crippen LogP contribution is 2.44. The lowest BCUT2D eigenvalue weighted by Gasteiger charge is -2.29. The van der Waals surface area contributed by atoms with Crippen LogP contribution in [-0.2, 0) is 0 Å². The molecular weight excluding hydrogens is 151 g/mol. The molecular formula is C10H19P. The molecule has 3 rings (SSSR count). The van der Waals surface area contributed by atoms with Gasteiger partial charge in [-0.2, -0.15) is 0 Å². The summed E-state index contributed by atoms with van der Waals surface area (Å²) < 4.78 is 0. The van der Waals surface area contributed by atoms with Gasteiger partial charge in [-0.1, -0.05) is 19.3 Å². The Balaban J connectivity index is 1.96. The molecule has 11 heavy (non-hydrogen) atoms. The zero-order valence-corrected chi connectivity index (χ0v) is 8.28. The molecule has 0 N–H and O–H groups in total. The van der Waals surface area contributed by atoms with E-state index in [1.54, 1.807) is 57.0 Å². The topological polar surface area (TPSA) is 0 Å². The zero-order valence-electron chi connectivity index (χ0n) is 7.39. The molecule has 2 bridgehead atoms. The molecule has 0 unspecified atom stereocenters. The molecule has 1 heteroatoms. The van der Waals surface area contributed by atoms with Crippen molar-refractivity contribution in [2.75, 3.05) is 18.5 Å². The van der Waals surface area contributed by atoms with Crippen molar-refractivity contribution in [3.05, 3.63) is 0 Å². The molecule has 3 heterocycles. The fourth-order valence-electron chi connectivity index (χ4n) is 2.58. The first-order valence-corrected chi connectivity index (χ1v) is 7.07. The SMILES string of the molecule is C1CC2CCCP(C1)CCC2. The van der Waals surface area contributed by atoms with Crippen molar-refractivity contribution in [1.82, 2.24) is 0 Å². The maximum atomic E-state index is 1.62. The Labute approximate surface area is 71.5 Å². The average molecular weight is 170 g/mol.